The molecule has 0 amide bonds. The molecule has 1 saturated heterocycles. The highest BCUT2D eigenvalue weighted by molar-refractivity contribution is 8.03. The highest BCUT2D eigenvalue weighted by Gasteiger charge is 2.33. The number of alkyl halides is 3. The largest absolute Gasteiger partial charge is 0.416 e. The summed E-state index contributed by atoms with van der Waals surface area (Å²) >= 11 is 1.42. The number of nitrogens with one attached hydrogen (secondary N) is 2. The molecule has 0 atom stereocenters. The first-order valence-corrected chi connectivity index (χ1v) is 9.81. The van der Waals surface area contributed by atoms with E-state index in [1.165, 1.54) is 23.9 Å². The molecule has 0 unspecified atom stereocenters. The van der Waals surface area contributed by atoms with Gasteiger partial charge >= 0.3 is 6.18 Å². The van der Waals surface area contributed by atoms with Gasteiger partial charge in [-0.15, -0.1) is 0 Å². The van der Waals surface area contributed by atoms with Gasteiger partial charge in [-0.05, 0) is 30.7 Å². The Morgan fingerprint density at radius 3 is 2.19 bits per heavy atom. The molecule has 27 heavy (non-hydrogen) atoms. The van der Waals surface area contributed by atoms with E-state index in [1.54, 1.807) is 12.2 Å². The number of piperazine rings is 1. The molecule has 7 heteroatoms. The Bertz CT molecular complexity index is 683. The summed E-state index contributed by atoms with van der Waals surface area (Å²) in [5.74, 6) is 0. The van der Waals surface area contributed by atoms with Gasteiger partial charge in [0.25, 0.3) is 0 Å². The molecule has 2 aliphatic rings. The maximum Gasteiger partial charge on any atom is 0.416 e. The lowest BCUT2D eigenvalue weighted by atomic mass is 10.1. The summed E-state index contributed by atoms with van der Waals surface area (Å²) in [4.78, 5) is 3.59. The van der Waals surface area contributed by atoms with E-state index >= 15 is 0 Å². The van der Waals surface area contributed by atoms with Crippen LogP contribution in [0.1, 0.15) is 18.9 Å². The van der Waals surface area contributed by atoms with Crippen molar-refractivity contribution in [2.24, 2.45) is 0 Å². The first-order valence-electron chi connectivity index (χ1n) is 8.99. The van der Waals surface area contributed by atoms with Crippen molar-refractivity contribution in [3.05, 3.63) is 59.7 Å². The number of thioether (sulfide) groups is 1. The topological polar surface area (TPSA) is 27.3 Å². The molecule has 1 aromatic carbocycles. The molecular weight excluding hydrogens is 371 g/mol. The van der Waals surface area contributed by atoms with Gasteiger partial charge in [-0.3, -0.25) is 0 Å². The van der Waals surface area contributed by atoms with Crippen LogP contribution in [0.2, 0.25) is 0 Å². The fourth-order valence-electron chi connectivity index (χ4n) is 2.85. The molecular formula is C20H26F3N3S. The van der Waals surface area contributed by atoms with E-state index < -0.39 is 11.7 Å². The number of hydrogen-bond acceptors (Lipinski definition) is 4. The fraction of sp³-hybridized carbons (Fsp3) is 0.400. The maximum atomic E-state index is 12.9. The molecule has 1 fully saturated rings. The van der Waals surface area contributed by atoms with Crippen LogP contribution in [0.3, 0.4) is 0 Å². The van der Waals surface area contributed by atoms with Crippen LogP contribution in [0.25, 0.3) is 0 Å². The second-order valence-corrected chi connectivity index (χ2v) is 7.18. The quantitative estimate of drug-likeness (QED) is 0.764. The van der Waals surface area contributed by atoms with Crippen molar-refractivity contribution in [2.45, 2.75) is 24.4 Å². The molecule has 3 rings (SSSR count). The molecule has 2 N–H and O–H groups in total. The molecule has 1 aromatic rings. The standard InChI is InChI=1S/C16H16F3NS.C4H10N2/c1-4-9-20-12(5-2)14(6-3)21-15-8-7-11(10-13(15)20)16(17,18)19;1-2-6-4-3-5-1/h5-8,10H,2-4,9H2,1H3;5-6H,1-4H2. The summed E-state index contributed by atoms with van der Waals surface area (Å²) in [6.07, 6.45) is -0.135. The summed E-state index contributed by atoms with van der Waals surface area (Å²) in [6, 6.07) is 3.85. The second-order valence-electron chi connectivity index (χ2n) is 6.09. The molecule has 3 nitrogen and oxygen atoms in total. The summed E-state index contributed by atoms with van der Waals surface area (Å²) in [5, 5.41) is 6.44. The van der Waals surface area contributed by atoms with Crippen LogP contribution in [-0.4, -0.2) is 32.7 Å². The molecule has 0 aliphatic carbocycles. The Balaban J connectivity index is 0.000000369. The van der Waals surface area contributed by atoms with Crippen LogP contribution in [0.4, 0.5) is 18.9 Å². The zero-order chi connectivity index (χ0) is 19.9. The van der Waals surface area contributed by atoms with Crippen LogP contribution < -0.4 is 15.5 Å². The first-order chi connectivity index (χ1) is 12.9. The summed E-state index contributed by atoms with van der Waals surface area (Å²) < 4.78 is 38.8. The van der Waals surface area contributed by atoms with Gasteiger partial charge in [0.15, 0.2) is 0 Å². The number of benzene rings is 1. The predicted molar refractivity (Wildman–Crippen MR) is 108 cm³/mol. The molecule has 0 saturated carbocycles. The van der Waals surface area contributed by atoms with E-state index in [9.17, 15) is 13.2 Å². The minimum Gasteiger partial charge on any atom is -0.340 e. The van der Waals surface area contributed by atoms with E-state index in [-0.39, 0.29) is 0 Å². The van der Waals surface area contributed by atoms with Crippen LogP contribution in [0.15, 0.2) is 59.0 Å². The van der Waals surface area contributed by atoms with Gasteiger partial charge in [-0.2, -0.15) is 13.2 Å². The number of anilines is 1. The Labute approximate surface area is 163 Å². The number of rotatable bonds is 4. The number of allylic oxidation sites excluding steroid dienone is 2. The van der Waals surface area contributed by atoms with E-state index in [1.807, 2.05) is 11.8 Å². The van der Waals surface area contributed by atoms with Gasteiger partial charge in [0.1, 0.15) is 0 Å². The normalized spacial score (nSPS) is 17.0. The second kappa shape index (κ2) is 10.0. The lowest BCUT2D eigenvalue weighted by Crippen LogP contribution is -2.39. The van der Waals surface area contributed by atoms with Gasteiger partial charge in [0.2, 0.25) is 0 Å². The van der Waals surface area contributed by atoms with Crippen molar-refractivity contribution < 1.29 is 13.2 Å². The van der Waals surface area contributed by atoms with Crippen molar-refractivity contribution in [1.29, 1.82) is 0 Å². The Morgan fingerprint density at radius 1 is 1.11 bits per heavy atom. The molecule has 0 spiro atoms. The molecule has 148 valence electrons. The third kappa shape index (κ3) is 5.64. The third-order valence-corrected chi connectivity index (χ3v) is 5.28. The Kier molecular flexibility index (Phi) is 8.01. The van der Waals surface area contributed by atoms with Gasteiger partial charge in [-0.1, -0.05) is 37.9 Å². The summed E-state index contributed by atoms with van der Waals surface area (Å²) in [6.45, 7) is 14.7. The average molecular weight is 398 g/mol. The predicted octanol–water partition coefficient (Wildman–Crippen LogP) is 4.79. The summed E-state index contributed by atoms with van der Waals surface area (Å²) in [7, 11) is 0. The van der Waals surface area contributed by atoms with Gasteiger partial charge in [-0.25, -0.2) is 0 Å². The van der Waals surface area contributed by atoms with Gasteiger partial charge in [0, 0.05) is 42.5 Å². The maximum absolute atomic E-state index is 12.9. The monoisotopic (exact) mass is 397 g/mol. The average Bonchev–Trinajstić information content (AvgIpc) is 2.68. The minimum atomic E-state index is -4.34. The van der Waals surface area contributed by atoms with Crippen molar-refractivity contribution in [3.8, 4) is 0 Å². The van der Waals surface area contributed by atoms with E-state index in [2.05, 4.69) is 23.8 Å². The smallest absolute Gasteiger partial charge is 0.340 e. The number of halogens is 3. The summed E-state index contributed by atoms with van der Waals surface area (Å²) in [5.41, 5.74) is 0.759. The lowest BCUT2D eigenvalue weighted by Gasteiger charge is -2.33. The van der Waals surface area contributed by atoms with Crippen LogP contribution in [0.5, 0.6) is 0 Å². The first kappa shape index (κ1) is 21.6. The van der Waals surface area contributed by atoms with E-state index in [0.717, 1.165) is 54.2 Å². The molecule has 0 aromatic heterocycles. The van der Waals surface area contributed by atoms with Crippen molar-refractivity contribution in [2.75, 3.05) is 37.6 Å². The van der Waals surface area contributed by atoms with Gasteiger partial charge in [0.05, 0.1) is 16.9 Å². The minimum absolute atomic E-state index is 0.581. The fourth-order valence-corrected chi connectivity index (χ4v) is 3.88. The van der Waals surface area contributed by atoms with Crippen LogP contribution in [0, 0.1) is 0 Å². The van der Waals surface area contributed by atoms with Crippen LogP contribution >= 0.6 is 11.8 Å². The molecule has 0 bridgehead atoms. The third-order valence-electron chi connectivity index (χ3n) is 4.12. The number of fused-ring (bicyclic) bond motifs is 1. The van der Waals surface area contributed by atoms with Gasteiger partial charge < -0.3 is 15.5 Å². The molecule has 2 aliphatic heterocycles. The molecule has 0 radical (unpaired) electrons. The van der Waals surface area contributed by atoms with Crippen LogP contribution in [-0.2, 0) is 6.18 Å². The number of hydrogen-bond donors (Lipinski definition) is 2. The van der Waals surface area contributed by atoms with Crippen molar-refractivity contribution in [3.63, 3.8) is 0 Å². The Hall–Kier alpha value is -1.70. The highest BCUT2D eigenvalue weighted by Crippen LogP contribution is 2.46. The highest BCUT2D eigenvalue weighted by atomic mass is 32.2. The zero-order valence-corrected chi connectivity index (χ0v) is 16.3. The Morgan fingerprint density at radius 2 is 1.74 bits per heavy atom. The molecule has 2 heterocycles. The SMILES string of the molecule is C1CNCCN1.C=CC1=C(C=C)N(CCC)c2cc(C(F)(F)F)ccc2S1. The van der Waals surface area contributed by atoms with Crippen molar-refractivity contribution in [1.82, 2.24) is 10.6 Å². The lowest BCUT2D eigenvalue weighted by molar-refractivity contribution is -0.137. The van der Waals surface area contributed by atoms with Crippen molar-refractivity contribution >= 4 is 17.4 Å². The van der Waals surface area contributed by atoms with E-state index in [0.29, 0.717) is 12.2 Å². The van der Waals surface area contributed by atoms with E-state index in [4.69, 9.17) is 0 Å². The number of nitrogens with zero attached hydrogens (tertiary/aromatic N) is 1. The zero-order valence-electron chi connectivity index (χ0n) is 15.5.